The summed E-state index contributed by atoms with van der Waals surface area (Å²) in [7, 11) is 0. The summed E-state index contributed by atoms with van der Waals surface area (Å²) < 4.78 is 0. The van der Waals surface area contributed by atoms with Gasteiger partial charge in [-0.15, -0.1) is 0 Å². The minimum Gasteiger partial charge on any atom is -0.354 e. The molecule has 1 unspecified atom stereocenters. The van der Waals surface area contributed by atoms with Gasteiger partial charge in [-0.3, -0.25) is 4.79 Å². The molecular formula is C12H16N2OS. The fraction of sp³-hybridized carbons (Fsp3) is 0.500. The van der Waals surface area contributed by atoms with Gasteiger partial charge in [-0.05, 0) is 18.6 Å². The first-order valence-corrected chi connectivity index (χ1v) is 6.66. The predicted octanol–water partition coefficient (Wildman–Crippen LogP) is 2.23. The van der Waals surface area contributed by atoms with Crippen molar-refractivity contribution in [3.63, 3.8) is 0 Å². The van der Waals surface area contributed by atoms with Gasteiger partial charge >= 0.3 is 0 Å². The Kier molecular flexibility index (Phi) is 3.83. The van der Waals surface area contributed by atoms with Crippen molar-refractivity contribution in [3.05, 3.63) is 23.9 Å². The molecule has 1 atom stereocenters. The lowest BCUT2D eigenvalue weighted by atomic mass is 10.2. The van der Waals surface area contributed by atoms with E-state index in [4.69, 9.17) is 0 Å². The maximum Gasteiger partial charge on any atom is 0.153 e. The van der Waals surface area contributed by atoms with Crippen LogP contribution in [0.5, 0.6) is 0 Å². The van der Waals surface area contributed by atoms with Crippen molar-refractivity contribution in [1.29, 1.82) is 0 Å². The second-order valence-electron chi connectivity index (χ2n) is 3.88. The first-order chi connectivity index (χ1) is 7.85. The molecule has 4 heteroatoms. The second-order valence-corrected chi connectivity index (χ2v) is 5.29. The monoisotopic (exact) mass is 236 g/mol. The van der Waals surface area contributed by atoms with E-state index in [0.717, 1.165) is 30.9 Å². The maximum atomic E-state index is 10.9. The van der Waals surface area contributed by atoms with Crippen LogP contribution >= 0.6 is 11.8 Å². The molecule has 16 heavy (non-hydrogen) atoms. The van der Waals surface area contributed by atoms with E-state index in [1.165, 1.54) is 6.42 Å². The van der Waals surface area contributed by atoms with E-state index in [-0.39, 0.29) is 0 Å². The van der Waals surface area contributed by atoms with Crippen molar-refractivity contribution in [1.82, 2.24) is 4.98 Å². The SMILES string of the molecule is CCC1CN(c2ncccc2C=O)CCS1. The van der Waals surface area contributed by atoms with E-state index >= 15 is 0 Å². The highest BCUT2D eigenvalue weighted by atomic mass is 32.2. The zero-order valence-electron chi connectivity index (χ0n) is 9.43. The number of rotatable bonds is 3. The number of thioether (sulfide) groups is 1. The number of nitrogens with zero attached hydrogens (tertiary/aromatic N) is 2. The van der Waals surface area contributed by atoms with Gasteiger partial charge in [0.05, 0.1) is 5.56 Å². The molecule has 3 nitrogen and oxygen atoms in total. The quantitative estimate of drug-likeness (QED) is 0.754. The third-order valence-corrected chi connectivity index (χ3v) is 4.21. The van der Waals surface area contributed by atoms with E-state index < -0.39 is 0 Å². The highest BCUT2D eigenvalue weighted by molar-refractivity contribution is 8.00. The molecule has 0 bridgehead atoms. The van der Waals surface area contributed by atoms with Crippen LogP contribution in [0.2, 0.25) is 0 Å². The molecule has 2 rings (SSSR count). The molecule has 2 heterocycles. The molecule has 0 spiro atoms. The van der Waals surface area contributed by atoms with Crippen LogP contribution in [0.25, 0.3) is 0 Å². The van der Waals surface area contributed by atoms with Gasteiger partial charge in [-0.25, -0.2) is 4.98 Å². The Labute approximate surface area is 100 Å². The largest absolute Gasteiger partial charge is 0.354 e. The van der Waals surface area contributed by atoms with Crippen molar-refractivity contribution in [3.8, 4) is 0 Å². The molecule has 1 fully saturated rings. The summed E-state index contributed by atoms with van der Waals surface area (Å²) >= 11 is 2.02. The number of hydrogen-bond donors (Lipinski definition) is 0. The van der Waals surface area contributed by atoms with E-state index in [1.54, 1.807) is 6.20 Å². The number of carbonyl (C=O) groups is 1. The van der Waals surface area contributed by atoms with E-state index in [9.17, 15) is 4.79 Å². The van der Waals surface area contributed by atoms with Crippen LogP contribution in [-0.2, 0) is 0 Å². The zero-order chi connectivity index (χ0) is 11.4. The Balaban J connectivity index is 2.19. The molecule has 1 aromatic rings. The highest BCUT2D eigenvalue weighted by Gasteiger charge is 2.21. The molecule has 0 amide bonds. The van der Waals surface area contributed by atoms with Crippen LogP contribution in [-0.4, -0.2) is 35.4 Å². The fourth-order valence-electron chi connectivity index (χ4n) is 1.92. The first-order valence-electron chi connectivity index (χ1n) is 5.62. The second kappa shape index (κ2) is 5.34. The van der Waals surface area contributed by atoms with E-state index in [2.05, 4.69) is 16.8 Å². The third kappa shape index (κ3) is 2.38. The standard InChI is InChI=1S/C12H16N2OS/c1-2-11-8-14(6-7-16-11)12-10(9-15)4-3-5-13-12/h3-5,9,11H,2,6-8H2,1H3. The van der Waals surface area contributed by atoms with Crippen LogP contribution in [0, 0.1) is 0 Å². The number of carbonyl (C=O) groups excluding carboxylic acids is 1. The third-order valence-electron chi connectivity index (χ3n) is 2.84. The molecule has 0 N–H and O–H groups in total. The summed E-state index contributed by atoms with van der Waals surface area (Å²) in [6.45, 7) is 4.19. The minimum absolute atomic E-state index is 0.662. The molecule has 0 radical (unpaired) electrons. The predicted molar refractivity (Wildman–Crippen MR) is 68.4 cm³/mol. The van der Waals surface area contributed by atoms with Gasteiger partial charge in [0.25, 0.3) is 0 Å². The molecular weight excluding hydrogens is 220 g/mol. The van der Waals surface area contributed by atoms with E-state index in [0.29, 0.717) is 10.8 Å². The lowest BCUT2D eigenvalue weighted by molar-refractivity contribution is 0.112. The highest BCUT2D eigenvalue weighted by Crippen LogP contribution is 2.25. The fourth-order valence-corrected chi connectivity index (χ4v) is 3.10. The molecule has 0 aromatic carbocycles. The summed E-state index contributed by atoms with van der Waals surface area (Å²) in [5, 5.41) is 0.662. The van der Waals surface area contributed by atoms with Crippen molar-refractivity contribution in [2.24, 2.45) is 0 Å². The average Bonchev–Trinajstić information content (AvgIpc) is 2.38. The smallest absolute Gasteiger partial charge is 0.153 e. The number of anilines is 1. The lowest BCUT2D eigenvalue weighted by Crippen LogP contribution is -2.38. The van der Waals surface area contributed by atoms with Crippen LogP contribution in [0.4, 0.5) is 5.82 Å². The first kappa shape index (κ1) is 11.5. The minimum atomic E-state index is 0.662. The van der Waals surface area contributed by atoms with Gasteiger partial charge in [0.15, 0.2) is 6.29 Å². The zero-order valence-corrected chi connectivity index (χ0v) is 10.2. The number of pyridine rings is 1. The normalized spacial score (nSPS) is 20.8. The summed E-state index contributed by atoms with van der Waals surface area (Å²) in [5.74, 6) is 1.96. The van der Waals surface area contributed by atoms with Crippen molar-refractivity contribution >= 4 is 23.9 Å². The maximum absolute atomic E-state index is 10.9. The van der Waals surface area contributed by atoms with Gasteiger partial charge in [-0.2, -0.15) is 11.8 Å². The molecule has 0 aliphatic carbocycles. The summed E-state index contributed by atoms with van der Waals surface area (Å²) in [4.78, 5) is 17.5. The van der Waals surface area contributed by atoms with Crippen molar-refractivity contribution in [2.75, 3.05) is 23.7 Å². The lowest BCUT2D eigenvalue weighted by Gasteiger charge is -2.33. The van der Waals surface area contributed by atoms with Crippen molar-refractivity contribution < 1.29 is 4.79 Å². The molecule has 86 valence electrons. The molecule has 1 aromatic heterocycles. The van der Waals surface area contributed by atoms with Crippen LogP contribution < -0.4 is 4.90 Å². The summed E-state index contributed by atoms with van der Waals surface area (Å²) in [5.41, 5.74) is 0.698. The average molecular weight is 236 g/mol. The number of aldehydes is 1. The molecule has 1 aliphatic heterocycles. The van der Waals surface area contributed by atoms with Crippen LogP contribution in [0.3, 0.4) is 0 Å². The number of aromatic nitrogens is 1. The topological polar surface area (TPSA) is 33.2 Å². The Morgan fingerprint density at radius 3 is 3.31 bits per heavy atom. The van der Waals surface area contributed by atoms with Gasteiger partial charge in [0.1, 0.15) is 5.82 Å². The van der Waals surface area contributed by atoms with Gasteiger partial charge in [-0.1, -0.05) is 6.92 Å². The Morgan fingerprint density at radius 2 is 2.56 bits per heavy atom. The van der Waals surface area contributed by atoms with Crippen LogP contribution in [0.1, 0.15) is 23.7 Å². The van der Waals surface area contributed by atoms with Gasteiger partial charge in [0, 0.05) is 30.3 Å². The van der Waals surface area contributed by atoms with Crippen LogP contribution in [0.15, 0.2) is 18.3 Å². The van der Waals surface area contributed by atoms with E-state index in [1.807, 2.05) is 23.9 Å². The summed E-state index contributed by atoms with van der Waals surface area (Å²) in [6.07, 6.45) is 3.82. The Bertz CT molecular complexity index is 370. The molecule has 1 aliphatic rings. The molecule has 0 saturated carbocycles. The van der Waals surface area contributed by atoms with Gasteiger partial charge < -0.3 is 4.90 Å². The Hall–Kier alpha value is -1.03. The Morgan fingerprint density at radius 1 is 1.69 bits per heavy atom. The summed E-state index contributed by atoms with van der Waals surface area (Å²) in [6, 6.07) is 3.64. The van der Waals surface area contributed by atoms with Crippen molar-refractivity contribution in [2.45, 2.75) is 18.6 Å². The molecule has 1 saturated heterocycles. The van der Waals surface area contributed by atoms with Gasteiger partial charge in [0.2, 0.25) is 0 Å². The number of hydrogen-bond acceptors (Lipinski definition) is 4.